The number of hydrogen-bond donors (Lipinski definition) is 0. The largest absolute Gasteiger partial charge is 0.497 e. The molecule has 0 unspecified atom stereocenters. The average Bonchev–Trinajstić information content (AvgIpc) is 2.87. The summed E-state index contributed by atoms with van der Waals surface area (Å²) in [5, 5.41) is 0. The molecule has 0 radical (unpaired) electrons. The summed E-state index contributed by atoms with van der Waals surface area (Å²) in [5.74, 6) is 0.873. The van der Waals surface area contributed by atoms with Gasteiger partial charge < -0.3 is 4.74 Å². The van der Waals surface area contributed by atoms with Gasteiger partial charge >= 0.3 is 0 Å². The number of aryl methyl sites for hydroxylation is 3. The highest BCUT2D eigenvalue weighted by molar-refractivity contribution is 5.84. The van der Waals surface area contributed by atoms with E-state index < -0.39 is 0 Å². The minimum atomic E-state index is 0.873. The van der Waals surface area contributed by atoms with Crippen molar-refractivity contribution in [1.29, 1.82) is 0 Å². The van der Waals surface area contributed by atoms with Crippen molar-refractivity contribution in [1.82, 2.24) is 0 Å². The second kappa shape index (κ2) is 8.80. The summed E-state index contributed by atoms with van der Waals surface area (Å²) in [7, 11) is 1.69. The molecule has 0 saturated heterocycles. The van der Waals surface area contributed by atoms with E-state index in [0.29, 0.717) is 0 Å². The van der Waals surface area contributed by atoms with Crippen molar-refractivity contribution in [3.8, 4) is 28.3 Å². The zero-order valence-corrected chi connectivity index (χ0v) is 18.6. The van der Waals surface area contributed by atoms with Gasteiger partial charge in [0.05, 0.1) is 18.2 Å². The van der Waals surface area contributed by atoms with Gasteiger partial charge in [0, 0.05) is 30.7 Å². The first-order valence-electron chi connectivity index (χ1n) is 11.2. The van der Waals surface area contributed by atoms with Gasteiger partial charge in [-0.2, -0.15) is 4.57 Å². The molecule has 0 aliphatic carbocycles. The zero-order valence-electron chi connectivity index (χ0n) is 18.6. The lowest BCUT2D eigenvalue weighted by molar-refractivity contribution is -0.687. The number of aromatic amines is 1. The Morgan fingerprint density at radius 1 is 0.938 bits per heavy atom. The molecule has 1 N–H and O–H groups in total. The molecular weight excluding hydrogens is 392 g/mol. The smallest absolute Gasteiger partial charge is 0.213 e. The number of fused-ring (bicyclic) bond motifs is 3. The first kappa shape index (κ1) is 20.2. The number of pyridine rings is 2. The number of H-pyrrole nitrogens is 1. The molecule has 0 amide bonds. The standard InChI is InChI=1S/C29H27N2O/c1-3-23-11-12-24-16-19-31-18-5-4-6-27(31)29(24)28(23)26-20-22(15-17-30-26)8-7-21-9-13-25(32-2)14-10-21/h4-15,17-18,20H,3,16,19H2,1-2H3/q+1/p+1/b8-7+. The number of benzene rings is 2. The summed E-state index contributed by atoms with van der Waals surface area (Å²) >= 11 is 0. The van der Waals surface area contributed by atoms with Crippen molar-refractivity contribution in [2.24, 2.45) is 0 Å². The Kier molecular flexibility index (Phi) is 5.55. The number of rotatable bonds is 5. The van der Waals surface area contributed by atoms with E-state index in [9.17, 15) is 0 Å². The van der Waals surface area contributed by atoms with Gasteiger partial charge in [-0.3, -0.25) is 0 Å². The number of hydrogen-bond acceptors (Lipinski definition) is 1. The number of nitrogens with zero attached hydrogens (tertiary/aromatic N) is 1. The molecule has 3 heterocycles. The highest BCUT2D eigenvalue weighted by atomic mass is 16.5. The van der Waals surface area contributed by atoms with Gasteiger partial charge in [-0.1, -0.05) is 43.3 Å². The van der Waals surface area contributed by atoms with Crippen LogP contribution in [-0.4, -0.2) is 7.11 Å². The van der Waals surface area contributed by atoms with Gasteiger partial charge in [0.15, 0.2) is 18.9 Å². The van der Waals surface area contributed by atoms with Gasteiger partial charge in [0.1, 0.15) is 5.75 Å². The van der Waals surface area contributed by atoms with Crippen molar-refractivity contribution >= 4 is 12.2 Å². The fourth-order valence-corrected chi connectivity index (χ4v) is 4.57. The van der Waals surface area contributed by atoms with Crippen molar-refractivity contribution in [3.05, 3.63) is 101 Å². The van der Waals surface area contributed by atoms with E-state index in [0.717, 1.165) is 36.4 Å². The van der Waals surface area contributed by atoms with Crippen molar-refractivity contribution in [2.45, 2.75) is 26.3 Å². The first-order valence-corrected chi connectivity index (χ1v) is 11.2. The van der Waals surface area contributed by atoms with Crippen LogP contribution in [0.4, 0.5) is 0 Å². The number of aromatic nitrogens is 2. The second-order valence-corrected chi connectivity index (χ2v) is 8.16. The van der Waals surface area contributed by atoms with E-state index >= 15 is 0 Å². The van der Waals surface area contributed by atoms with Gasteiger partial charge in [0.2, 0.25) is 11.4 Å². The van der Waals surface area contributed by atoms with Gasteiger partial charge in [0.25, 0.3) is 0 Å². The van der Waals surface area contributed by atoms with Crippen LogP contribution in [0.15, 0.2) is 79.1 Å². The highest BCUT2D eigenvalue weighted by Crippen LogP contribution is 2.37. The molecule has 3 nitrogen and oxygen atoms in total. The van der Waals surface area contributed by atoms with Gasteiger partial charge in [-0.15, -0.1) is 0 Å². The normalized spacial score (nSPS) is 12.4. The van der Waals surface area contributed by atoms with Crippen LogP contribution >= 0.6 is 0 Å². The third-order valence-corrected chi connectivity index (χ3v) is 6.26. The SMILES string of the molecule is CCc1ccc2c(c1-c1cc(/C=C/c3ccc(OC)cc3)cc[nH+]1)-c1cccc[n+]1CC2. The summed E-state index contributed by atoms with van der Waals surface area (Å²) in [6.07, 6.45) is 10.6. The first-order chi connectivity index (χ1) is 15.8. The molecule has 0 saturated carbocycles. The van der Waals surface area contributed by atoms with Crippen LogP contribution in [0.3, 0.4) is 0 Å². The predicted octanol–water partition coefficient (Wildman–Crippen LogP) is 5.42. The topological polar surface area (TPSA) is 27.2 Å². The molecular formula is C29H28N2O+2. The Balaban J connectivity index is 1.58. The van der Waals surface area contributed by atoms with Gasteiger partial charge in [-0.05, 0) is 46.9 Å². The third-order valence-electron chi connectivity index (χ3n) is 6.26. The summed E-state index contributed by atoms with van der Waals surface area (Å²) in [5.41, 5.74) is 10.3. The lowest BCUT2D eigenvalue weighted by Crippen LogP contribution is -2.40. The lowest BCUT2D eigenvalue weighted by Gasteiger charge is -2.19. The molecule has 0 fully saturated rings. The number of nitrogens with one attached hydrogen (secondary N) is 1. The zero-order chi connectivity index (χ0) is 21.9. The van der Waals surface area contributed by atoms with Crippen LogP contribution in [0, 0.1) is 0 Å². The summed E-state index contributed by atoms with van der Waals surface area (Å²) in [6, 6.07) is 23.6. The minimum Gasteiger partial charge on any atom is -0.497 e. The van der Waals surface area contributed by atoms with Crippen LogP contribution in [0.2, 0.25) is 0 Å². The quantitative estimate of drug-likeness (QED) is 0.396. The lowest BCUT2D eigenvalue weighted by atomic mass is 9.86. The van der Waals surface area contributed by atoms with Gasteiger partial charge in [-0.25, -0.2) is 4.98 Å². The maximum Gasteiger partial charge on any atom is 0.213 e. The molecule has 3 heteroatoms. The highest BCUT2D eigenvalue weighted by Gasteiger charge is 2.29. The molecule has 0 atom stereocenters. The molecule has 1 aliphatic rings. The van der Waals surface area contributed by atoms with Crippen molar-refractivity contribution in [3.63, 3.8) is 0 Å². The Hall–Kier alpha value is -3.72. The van der Waals surface area contributed by atoms with E-state index in [1.165, 1.54) is 33.5 Å². The molecule has 158 valence electrons. The van der Waals surface area contributed by atoms with Crippen LogP contribution in [0.5, 0.6) is 5.75 Å². The molecule has 2 aromatic heterocycles. The molecule has 1 aliphatic heterocycles. The Morgan fingerprint density at radius 2 is 1.78 bits per heavy atom. The molecule has 0 bridgehead atoms. The maximum absolute atomic E-state index is 5.26. The number of ether oxygens (including phenoxy) is 1. The molecule has 32 heavy (non-hydrogen) atoms. The maximum atomic E-state index is 5.26. The van der Waals surface area contributed by atoms with Crippen molar-refractivity contribution in [2.75, 3.05) is 7.11 Å². The van der Waals surface area contributed by atoms with Crippen LogP contribution < -0.4 is 14.3 Å². The van der Waals surface area contributed by atoms with Crippen molar-refractivity contribution < 1.29 is 14.3 Å². The molecule has 2 aromatic carbocycles. The summed E-state index contributed by atoms with van der Waals surface area (Å²) in [4.78, 5) is 3.53. The van der Waals surface area contributed by atoms with E-state index in [1.54, 1.807) is 7.11 Å². The van der Waals surface area contributed by atoms with E-state index in [2.05, 4.69) is 89.4 Å². The van der Waals surface area contributed by atoms with Crippen LogP contribution in [0.1, 0.15) is 29.2 Å². The molecule has 4 aromatic rings. The Bertz CT molecular complexity index is 1290. The van der Waals surface area contributed by atoms with E-state index in [4.69, 9.17) is 4.74 Å². The molecule has 5 rings (SSSR count). The summed E-state index contributed by atoms with van der Waals surface area (Å²) < 4.78 is 7.63. The van der Waals surface area contributed by atoms with Crippen LogP contribution in [0.25, 0.3) is 34.7 Å². The monoisotopic (exact) mass is 420 g/mol. The van der Waals surface area contributed by atoms with Crippen LogP contribution in [-0.2, 0) is 19.4 Å². The Labute approximate surface area is 189 Å². The second-order valence-electron chi connectivity index (χ2n) is 8.16. The Morgan fingerprint density at radius 3 is 2.59 bits per heavy atom. The fraction of sp³-hybridized carbons (Fsp3) is 0.172. The number of methoxy groups -OCH3 is 1. The average molecular weight is 421 g/mol. The third kappa shape index (κ3) is 3.82. The summed E-state index contributed by atoms with van der Waals surface area (Å²) in [6.45, 7) is 3.27. The predicted molar refractivity (Wildman–Crippen MR) is 129 cm³/mol. The fourth-order valence-electron chi connectivity index (χ4n) is 4.57. The van der Waals surface area contributed by atoms with E-state index in [1.807, 2.05) is 18.3 Å². The van der Waals surface area contributed by atoms with E-state index in [-0.39, 0.29) is 0 Å². The molecule has 0 spiro atoms. The minimum absolute atomic E-state index is 0.873.